The largest absolute Gasteiger partial charge is 0.494 e. The Labute approximate surface area is 163 Å². The fourth-order valence-electron chi connectivity index (χ4n) is 3.33. The second-order valence-corrected chi connectivity index (χ2v) is 8.22. The molecular weight excluding hydrogens is 331 g/mol. The minimum atomic E-state index is -0.368. The van der Waals surface area contributed by atoms with Crippen molar-refractivity contribution in [2.75, 3.05) is 0 Å². The average molecular weight is 360 g/mol. The van der Waals surface area contributed by atoms with Gasteiger partial charge in [-0.1, -0.05) is 61.2 Å². The van der Waals surface area contributed by atoms with Crippen molar-refractivity contribution in [1.82, 2.24) is 0 Å². The van der Waals surface area contributed by atoms with E-state index in [-0.39, 0.29) is 18.3 Å². The van der Waals surface area contributed by atoms with Crippen molar-refractivity contribution in [1.29, 1.82) is 0 Å². The lowest BCUT2D eigenvalue weighted by Crippen LogP contribution is -2.41. The maximum atomic E-state index is 6.19. The summed E-state index contributed by atoms with van der Waals surface area (Å²) in [6, 6.07) is 16.8. The second kappa shape index (κ2) is 7.14. The topological polar surface area (TPSA) is 18.5 Å². The third kappa shape index (κ3) is 3.67. The van der Waals surface area contributed by atoms with Crippen molar-refractivity contribution in [3.05, 3.63) is 76.2 Å². The van der Waals surface area contributed by atoms with E-state index in [4.69, 9.17) is 9.31 Å². The zero-order valence-electron chi connectivity index (χ0n) is 17.3. The summed E-state index contributed by atoms with van der Waals surface area (Å²) in [4.78, 5) is 0. The molecule has 0 saturated carbocycles. The van der Waals surface area contributed by atoms with Gasteiger partial charge in [0.25, 0.3) is 0 Å². The Morgan fingerprint density at radius 1 is 0.963 bits per heavy atom. The van der Waals surface area contributed by atoms with Crippen LogP contribution in [-0.4, -0.2) is 18.3 Å². The predicted octanol–water partition coefficient (Wildman–Crippen LogP) is 3.56. The van der Waals surface area contributed by atoms with Crippen molar-refractivity contribution in [3.63, 3.8) is 0 Å². The summed E-state index contributed by atoms with van der Waals surface area (Å²) in [6.45, 7) is 16.8. The van der Waals surface area contributed by atoms with E-state index in [9.17, 15) is 0 Å². The molecule has 0 spiro atoms. The molecule has 0 atom stereocenters. The molecule has 0 amide bonds. The first kappa shape index (κ1) is 19.7. The third-order valence-electron chi connectivity index (χ3n) is 5.81. The predicted molar refractivity (Wildman–Crippen MR) is 115 cm³/mol. The van der Waals surface area contributed by atoms with E-state index in [1.54, 1.807) is 0 Å². The van der Waals surface area contributed by atoms with Gasteiger partial charge in [-0.05, 0) is 74.2 Å². The SMILES string of the molecule is C=c1cc(B2OC(C)(C)C(C)(C)O2)cc/c1=C(/C(C)=C/C)c1ccccc1. The summed E-state index contributed by atoms with van der Waals surface area (Å²) in [6.07, 6.45) is 2.14. The van der Waals surface area contributed by atoms with Gasteiger partial charge >= 0.3 is 7.12 Å². The zero-order valence-corrected chi connectivity index (χ0v) is 17.3. The van der Waals surface area contributed by atoms with Gasteiger partial charge in [0.05, 0.1) is 11.2 Å². The number of allylic oxidation sites excluding steroid dienone is 2. The van der Waals surface area contributed by atoms with E-state index in [2.05, 4.69) is 96.7 Å². The van der Waals surface area contributed by atoms with Crippen LogP contribution in [0.4, 0.5) is 0 Å². The molecule has 2 aromatic rings. The molecule has 1 saturated heterocycles. The molecule has 1 heterocycles. The van der Waals surface area contributed by atoms with Crippen LogP contribution in [0.2, 0.25) is 0 Å². The normalized spacial score (nSPS) is 19.9. The number of hydrogen-bond acceptors (Lipinski definition) is 2. The maximum Gasteiger partial charge on any atom is 0.494 e. The highest BCUT2D eigenvalue weighted by Gasteiger charge is 2.51. The van der Waals surface area contributed by atoms with Gasteiger partial charge in [-0.2, -0.15) is 0 Å². The molecule has 27 heavy (non-hydrogen) atoms. The van der Waals surface area contributed by atoms with E-state index in [1.165, 1.54) is 16.7 Å². The summed E-state index contributed by atoms with van der Waals surface area (Å²) in [5.41, 5.74) is 3.95. The number of benzene rings is 2. The highest BCUT2D eigenvalue weighted by Crippen LogP contribution is 2.36. The Morgan fingerprint density at radius 3 is 2.07 bits per heavy atom. The highest BCUT2D eigenvalue weighted by molar-refractivity contribution is 6.62. The van der Waals surface area contributed by atoms with Crippen molar-refractivity contribution in [2.45, 2.75) is 52.7 Å². The fourth-order valence-corrected chi connectivity index (χ4v) is 3.33. The van der Waals surface area contributed by atoms with Crippen LogP contribution in [0, 0.1) is 0 Å². The minimum absolute atomic E-state index is 0.347. The molecule has 2 nitrogen and oxygen atoms in total. The van der Waals surface area contributed by atoms with Gasteiger partial charge in [0.2, 0.25) is 0 Å². The molecule has 0 radical (unpaired) electrons. The third-order valence-corrected chi connectivity index (χ3v) is 5.81. The van der Waals surface area contributed by atoms with E-state index in [0.717, 1.165) is 15.9 Å². The van der Waals surface area contributed by atoms with Crippen LogP contribution < -0.4 is 15.9 Å². The van der Waals surface area contributed by atoms with Crippen LogP contribution in [0.5, 0.6) is 0 Å². The lowest BCUT2D eigenvalue weighted by Gasteiger charge is -2.32. The van der Waals surface area contributed by atoms with Gasteiger partial charge in [-0.25, -0.2) is 0 Å². The molecule has 0 aromatic heterocycles. The van der Waals surface area contributed by atoms with Crippen molar-refractivity contribution in [3.8, 4) is 0 Å². The van der Waals surface area contributed by atoms with Crippen LogP contribution in [0.25, 0.3) is 12.2 Å². The molecule has 1 aliphatic heterocycles. The van der Waals surface area contributed by atoms with Gasteiger partial charge in [0, 0.05) is 0 Å². The van der Waals surface area contributed by atoms with Gasteiger partial charge in [0.1, 0.15) is 0 Å². The lowest BCUT2D eigenvalue weighted by atomic mass is 9.78. The summed E-state index contributed by atoms with van der Waals surface area (Å²) < 4.78 is 12.4. The molecule has 0 aliphatic carbocycles. The van der Waals surface area contributed by atoms with Crippen molar-refractivity contribution in [2.24, 2.45) is 0 Å². The minimum Gasteiger partial charge on any atom is -0.399 e. The van der Waals surface area contributed by atoms with E-state index >= 15 is 0 Å². The number of rotatable bonds is 3. The molecule has 3 heteroatoms. The zero-order chi connectivity index (χ0) is 19.8. The molecule has 3 rings (SSSR count). The smallest absolute Gasteiger partial charge is 0.399 e. The van der Waals surface area contributed by atoms with Crippen molar-refractivity contribution < 1.29 is 9.31 Å². The van der Waals surface area contributed by atoms with E-state index in [0.29, 0.717) is 0 Å². The molecule has 2 aromatic carbocycles. The first-order chi connectivity index (χ1) is 12.7. The Kier molecular flexibility index (Phi) is 5.20. The van der Waals surface area contributed by atoms with Gasteiger partial charge in [-0.15, -0.1) is 0 Å². The monoisotopic (exact) mass is 360 g/mol. The van der Waals surface area contributed by atoms with Crippen LogP contribution >= 0.6 is 0 Å². The Morgan fingerprint density at radius 2 is 1.56 bits per heavy atom. The van der Waals surface area contributed by atoms with E-state index < -0.39 is 0 Å². The Bertz CT molecular complexity index is 955. The molecule has 140 valence electrons. The molecule has 0 unspecified atom stereocenters. The lowest BCUT2D eigenvalue weighted by molar-refractivity contribution is 0.00578. The molecule has 1 aliphatic rings. The molecule has 0 N–H and O–H groups in total. The van der Waals surface area contributed by atoms with Gasteiger partial charge < -0.3 is 9.31 Å². The Balaban J connectivity index is 2.12. The standard InChI is InChI=1S/C24H29BO2/c1-8-17(2)22(19-12-10-9-11-13-19)21-15-14-20(16-18(21)3)25-26-23(4,5)24(6,7)27-25/h8-16H,3H2,1-2,4-7H3/b17-8+,22-21+. The van der Waals surface area contributed by atoms with E-state index in [1.807, 2.05) is 6.07 Å². The van der Waals surface area contributed by atoms with Crippen LogP contribution in [0.15, 0.2) is 60.2 Å². The summed E-state index contributed by atoms with van der Waals surface area (Å²) in [5.74, 6) is 0. The fraction of sp³-hybridized carbons (Fsp3) is 0.333. The summed E-state index contributed by atoms with van der Waals surface area (Å²) >= 11 is 0. The Hall–Kier alpha value is -2.10. The van der Waals surface area contributed by atoms with Crippen LogP contribution in [-0.2, 0) is 9.31 Å². The first-order valence-corrected chi connectivity index (χ1v) is 9.54. The second-order valence-electron chi connectivity index (χ2n) is 8.22. The quantitative estimate of drug-likeness (QED) is 0.780. The highest BCUT2D eigenvalue weighted by atomic mass is 16.7. The molecule has 0 bridgehead atoms. The van der Waals surface area contributed by atoms with Crippen molar-refractivity contribution >= 4 is 24.7 Å². The molecule has 1 fully saturated rings. The van der Waals surface area contributed by atoms with Gasteiger partial charge in [-0.3, -0.25) is 0 Å². The molecular formula is C24H29BO2. The van der Waals surface area contributed by atoms with Gasteiger partial charge in [0.15, 0.2) is 0 Å². The average Bonchev–Trinajstić information content (AvgIpc) is 2.85. The van der Waals surface area contributed by atoms with Crippen LogP contribution in [0.3, 0.4) is 0 Å². The first-order valence-electron chi connectivity index (χ1n) is 9.54. The summed E-state index contributed by atoms with van der Waals surface area (Å²) in [7, 11) is -0.368. The summed E-state index contributed by atoms with van der Waals surface area (Å²) in [5, 5.41) is 2.11. The number of hydrogen-bond donors (Lipinski definition) is 0. The van der Waals surface area contributed by atoms with Crippen LogP contribution in [0.1, 0.15) is 47.1 Å². The maximum absolute atomic E-state index is 6.19.